The van der Waals surface area contributed by atoms with Gasteiger partial charge in [0.1, 0.15) is 11.5 Å². The summed E-state index contributed by atoms with van der Waals surface area (Å²) in [6, 6.07) is 11.7. The summed E-state index contributed by atoms with van der Waals surface area (Å²) in [5.74, 6) is 3.78. The van der Waals surface area contributed by atoms with Gasteiger partial charge in [0.2, 0.25) is 0 Å². The second kappa shape index (κ2) is 13.0. The molecule has 0 fully saturated rings. The average molecular weight is 529 g/mol. The highest BCUT2D eigenvalue weighted by Crippen LogP contribution is 2.28. The normalized spacial score (nSPS) is 10.7. The van der Waals surface area contributed by atoms with Crippen molar-refractivity contribution in [1.29, 1.82) is 0 Å². The molecule has 2 rings (SSSR count). The minimum absolute atomic E-state index is 0. The summed E-state index contributed by atoms with van der Waals surface area (Å²) in [4.78, 5) is 6.43. The second-order valence-corrected chi connectivity index (χ2v) is 6.35. The number of halogens is 1. The molecule has 0 unspecified atom stereocenters. The number of aliphatic imine (C=N–C) groups is 1. The lowest BCUT2D eigenvalue weighted by Gasteiger charge is -2.23. The summed E-state index contributed by atoms with van der Waals surface area (Å²) < 4.78 is 21.8. The van der Waals surface area contributed by atoms with Crippen molar-refractivity contribution in [2.24, 2.45) is 4.99 Å². The topological polar surface area (TPSA) is 64.6 Å². The zero-order chi connectivity index (χ0) is 21.2. The van der Waals surface area contributed by atoms with Gasteiger partial charge in [-0.15, -0.1) is 24.0 Å². The summed E-state index contributed by atoms with van der Waals surface area (Å²) in [6.07, 6.45) is 0. The largest absolute Gasteiger partial charge is 0.497 e. The van der Waals surface area contributed by atoms with Crippen LogP contribution in [-0.2, 0) is 13.1 Å². The predicted molar refractivity (Wildman–Crippen MR) is 131 cm³/mol. The van der Waals surface area contributed by atoms with Crippen LogP contribution < -0.4 is 24.3 Å². The Kier molecular flexibility index (Phi) is 11.2. The molecule has 0 saturated carbocycles. The summed E-state index contributed by atoms with van der Waals surface area (Å²) in [5, 5.41) is 3.39. The van der Waals surface area contributed by atoms with Gasteiger partial charge in [0.05, 0.1) is 27.9 Å². The molecular weight excluding hydrogens is 497 g/mol. The van der Waals surface area contributed by atoms with Crippen molar-refractivity contribution in [3.05, 3.63) is 47.5 Å². The Bertz CT molecular complexity index is 830. The van der Waals surface area contributed by atoms with Crippen LogP contribution in [0.4, 0.5) is 0 Å². The van der Waals surface area contributed by atoms with Crippen molar-refractivity contribution in [3.8, 4) is 23.0 Å². The van der Waals surface area contributed by atoms with Gasteiger partial charge in [0, 0.05) is 38.8 Å². The molecule has 0 spiro atoms. The summed E-state index contributed by atoms with van der Waals surface area (Å²) in [6.45, 7) is 3.79. The molecule has 1 N–H and O–H groups in total. The Balaban J connectivity index is 0.00000450. The van der Waals surface area contributed by atoms with Gasteiger partial charge in [-0.3, -0.25) is 4.99 Å². The summed E-state index contributed by atoms with van der Waals surface area (Å²) in [7, 11) is 8.69. The van der Waals surface area contributed by atoms with E-state index in [9.17, 15) is 0 Å². The van der Waals surface area contributed by atoms with Crippen molar-refractivity contribution >= 4 is 29.9 Å². The molecule has 0 aliphatic carbocycles. The SMILES string of the molecule is CCOc1cc(CNC(=NC)N(C)Cc2ccc(OC)cc2OC)ccc1OC.I. The van der Waals surface area contributed by atoms with E-state index in [0.717, 1.165) is 40.1 Å². The number of benzene rings is 2. The third-order valence-corrected chi connectivity index (χ3v) is 4.45. The standard InChI is InChI=1S/C22H31N3O4.HI/c1-7-29-21-12-16(8-11-19(21)27-5)14-24-22(23-2)25(3)15-17-9-10-18(26-4)13-20(17)28-6;/h8-13H,7,14-15H2,1-6H3,(H,23,24);1H. The van der Waals surface area contributed by atoms with E-state index in [0.29, 0.717) is 19.7 Å². The fraction of sp³-hybridized carbons (Fsp3) is 0.409. The molecule has 0 atom stereocenters. The van der Waals surface area contributed by atoms with E-state index in [1.165, 1.54) is 0 Å². The van der Waals surface area contributed by atoms with Crippen molar-refractivity contribution in [2.45, 2.75) is 20.0 Å². The van der Waals surface area contributed by atoms with Gasteiger partial charge in [0.15, 0.2) is 17.5 Å². The Morgan fingerprint density at radius 2 is 1.70 bits per heavy atom. The number of hydrogen-bond donors (Lipinski definition) is 1. The van der Waals surface area contributed by atoms with Crippen LogP contribution in [0.2, 0.25) is 0 Å². The number of nitrogens with zero attached hydrogens (tertiary/aromatic N) is 2. The first kappa shape index (κ1) is 25.7. The van der Waals surface area contributed by atoms with Crippen LogP contribution in [0.25, 0.3) is 0 Å². The molecule has 0 aliphatic heterocycles. The van der Waals surface area contributed by atoms with Crippen molar-refractivity contribution in [3.63, 3.8) is 0 Å². The van der Waals surface area contributed by atoms with Gasteiger partial charge >= 0.3 is 0 Å². The first-order chi connectivity index (χ1) is 14.1. The lowest BCUT2D eigenvalue weighted by Crippen LogP contribution is -2.38. The number of rotatable bonds is 9. The van der Waals surface area contributed by atoms with Crippen LogP contribution in [-0.4, -0.2) is 52.9 Å². The second-order valence-electron chi connectivity index (χ2n) is 6.35. The highest BCUT2D eigenvalue weighted by molar-refractivity contribution is 14.0. The highest BCUT2D eigenvalue weighted by atomic mass is 127. The van der Waals surface area contributed by atoms with Crippen LogP contribution in [0.5, 0.6) is 23.0 Å². The van der Waals surface area contributed by atoms with Crippen LogP contribution in [0.3, 0.4) is 0 Å². The number of nitrogens with one attached hydrogen (secondary N) is 1. The Labute approximate surface area is 196 Å². The fourth-order valence-corrected chi connectivity index (χ4v) is 2.98. The number of guanidine groups is 1. The molecule has 0 aliphatic rings. The first-order valence-corrected chi connectivity index (χ1v) is 9.48. The molecule has 0 saturated heterocycles. The van der Waals surface area contributed by atoms with E-state index >= 15 is 0 Å². The van der Waals surface area contributed by atoms with Gasteiger partial charge in [-0.1, -0.05) is 6.07 Å². The zero-order valence-corrected chi connectivity index (χ0v) is 20.9. The molecular formula is C22H32IN3O4. The third-order valence-electron chi connectivity index (χ3n) is 4.45. The Morgan fingerprint density at radius 3 is 2.30 bits per heavy atom. The van der Waals surface area contributed by atoms with Crippen molar-refractivity contribution in [2.75, 3.05) is 42.0 Å². The molecule has 0 radical (unpaired) electrons. The van der Waals surface area contributed by atoms with Crippen LogP contribution in [0.15, 0.2) is 41.4 Å². The number of methoxy groups -OCH3 is 3. The van der Waals surface area contributed by atoms with Gasteiger partial charge in [-0.25, -0.2) is 0 Å². The summed E-state index contributed by atoms with van der Waals surface area (Å²) >= 11 is 0. The molecule has 0 heterocycles. The maximum absolute atomic E-state index is 5.65. The zero-order valence-electron chi connectivity index (χ0n) is 18.5. The molecule has 0 bridgehead atoms. The lowest BCUT2D eigenvalue weighted by molar-refractivity contribution is 0.310. The van der Waals surface area contributed by atoms with Crippen molar-refractivity contribution < 1.29 is 18.9 Å². The quantitative estimate of drug-likeness (QED) is 0.302. The highest BCUT2D eigenvalue weighted by Gasteiger charge is 2.12. The molecule has 0 amide bonds. The van der Waals surface area contributed by atoms with Gasteiger partial charge in [-0.05, 0) is 36.8 Å². The molecule has 2 aromatic rings. The maximum atomic E-state index is 5.65. The maximum Gasteiger partial charge on any atom is 0.193 e. The Morgan fingerprint density at radius 1 is 0.967 bits per heavy atom. The van der Waals surface area contributed by atoms with Gasteiger partial charge in [0.25, 0.3) is 0 Å². The van der Waals surface area contributed by atoms with Crippen LogP contribution >= 0.6 is 24.0 Å². The van der Waals surface area contributed by atoms with E-state index in [1.54, 1.807) is 28.4 Å². The lowest BCUT2D eigenvalue weighted by atomic mass is 10.2. The monoisotopic (exact) mass is 529 g/mol. The minimum atomic E-state index is 0. The minimum Gasteiger partial charge on any atom is -0.497 e. The number of hydrogen-bond acceptors (Lipinski definition) is 5. The van der Waals surface area contributed by atoms with Crippen LogP contribution in [0, 0.1) is 0 Å². The van der Waals surface area contributed by atoms with Crippen LogP contribution in [0.1, 0.15) is 18.1 Å². The van der Waals surface area contributed by atoms with E-state index in [4.69, 9.17) is 18.9 Å². The first-order valence-electron chi connectivity index (χ1n) is 9.48. The molecule has 2 aromatic carbocycles. The number of ether oxygens (including phenoxy) is 4. The van der Waals surface area contributed by atoms with Gasteiger partial charge < -0.3 is 29.2 Å². The average Bonchev–Trinajstić information content (AvgIpc) is 2.74. The van der Waals surface area contributed by atoms with E-state index < -0.39 is 0 Å². The fourth-order valence-electron chi connectivity index (χ4n) is 2.98. The molecule has 30 heavy (non-hydrogen) atoms. The molecule has 0 aromatic heterocycles. The predicted octanol–water partition coefficient (Wildman–Crippen LogP) is 3.94. The van der Waals surface area contributed by atoms with Crippen molar-refractivity contribution in [1.82, 2.24) is 10.2 Å². The van der Waals surface area contributed by atoms with Gasteiger partial charge in [-0.2, -0.15) is 0 Å². The molecule has 8 heteroatoms. The van der Waals surface area contributed by atoms with E-state index in [-0.39, 0.29) is 24.0 Å². The third kappa shape index (κ3) is 6.86. The van der Waals surface area contributed by atoms with E-state index in [2.05, 4.69) is 10.3 Å². The molecule has 166 valence electrons. The Hall–Kier alpha value is -2.36. The molecule has 7 nitrogen and oxygen atoms in total. The summed E-state index contributed by atoms with van der Waals surface area (Å²) in [5.41, 5.74) is 2.12. The smallest absolute Gasteiger partial charge is 0.193 e. The van der Waals surface area contributed by atoms with E-state index in [1.807, 2.05) is 55.3 Å².